The van der Waals surface area contributed by atoms with Crippen molar-refractivity contribution in [3.05, 3.63) is 65.9 Å². The molecule has 0 unspecified atom stereocenters. The maximum Gasteiger partial charge on any atom is 0.261 e. The van der Waals surface area contributed by atoms with Gasteiger partial charge in [-0.3, -0.25) is 4.79 Å². The van der Waals surface area contributed by atoms with Crippen molar-refractivity contribution < 1.29 is 14.1 Å². The topological polar surface area (TPSA) is 67.6 Å². The summed E-state index contributed by atoms with van der Waals surface area (Å²) in [5, 5.41) is 7.00. The van der Waals surface area contributed by atoms with Gasteiger partial charge in [0.2, 0.25) is 0 Å². The fraction of sp³-hybridized carbons (Fsp3) is 0.304. The Hall–Kier alpha value is -3.12. The molecule has 6 nitrogen and oxygen atoms in total. The van der Waals surface area contributed by atoms with Crippen molar-refractivity contribution in [3.8, 4) is 17.0 Å². The van der Waals surface area contributed by atoms with E-state index < -0.39 is 0 Å². The van der Waals surface area contributed by atoms with E-state index in [2.05, 4.69) is 22.4 Å². The van der Waals surface area contributed by atoms with Crippen molar-refractivity contribution >= 4 is 11.6 Å². The molecule has 150 valence electrons. The number of anilines is 1. The number of carbonyl (C=O) groups is 1. The Kier molecular flexibility index (Phi) is 5.62. The monoisotopic (exact) mass is 391 g/mol. The molecule has 6 heteroatoms. The van der Waals surface area contributed by atoms with Gasteiger partial charge >= 0.3 is 0 Å². The van der Waals surface area contributed by atoms with E-state index in [4.69, 9.17) is 9.26 Å². The molecule has 1 aliphatic heterocycles. The molecule has 0 aliphatic carbocycles. The molecule has 1 aliphatic rings. The largest absolute Gasteiger partial charge is 0.490 e. The highest BCUT2D eigenvalue weighted by atomic mass is 16.5. The molecular weight excluding hydrogens is 366 g/mol. The third-order valence-corrected chi connectivity index (χ3v) is 5.22. The summed E-state index contributed by atoms with van der Waals surface area (Å²) in [5.74, 6) is 1.07. The van der Waals surface area contributed by atoms with Crippen molar-refractivity contribution in [1.29, 1.82) is 0 Å². The van der Waals surface area contributed by atoms with E-state index >= 15 is 0 Å². The molecule has 0 atom stereocenters. The molecule has 2 aromatic carbocycles. The number of piperidine rings is 1. The minimum absolute atomic E-state index is 0.244. The summed E-state index contributed by atoms with van der Waals surface area (Å²) in [7, 11) is 2.13. The molecule has 1 N–H and O–H groups in total. The maximum absolute atomic E-state index is 12.9. The maximum atomic E-state index is 12.9. The lowest BCUT2D eigenvalue weighted by Crippen LogP contribution is -2.35. The lowest BCUT2D eigenvalue weighted by atomic mass is 10.1. The Morgan fingerprint density at radius 1 is 1.10 bits per heavy atom. The van der Waals surface area contributed by atoms with E-state index in [1.165, 1.54) is 0 Å². The van der Waals surface area contributed by atoms with E-state index in [1.807, 2.05) is 54.6 Å². The highest BCUT2D eigenvalue weighted by Crippen LogP contribution is 2.26. The number of ether oxygens (including phenoxy) is 1. The number of nitrogens with zero attached hydrogens (tertiary/aromatic N) is 2. The normalized spacial score (nSPS) is 15.2. The molecule has 0 spiro atoms. The van der Waals surface area contributed by atoms with Crippen LogP contribution >= 0.6 is 0 Å². The van der Waals surface area contributed by atoms with Crippen molar-refractivity contribution in [1.82, 2.24) is 10.1 Å². The first kappa shape index (κ1) is 19.2. The average molecular weight is 391 g/mol. The quantitative estimate of drug-likeness (QED) is 0.699. The molecule has 4 rings (SSSR count). The van der Waals surface area contributed by atoms with Gasteiger partial charge in [0.1, 0.15) is 28.9 Å². The summed E-state index contributed by atoms with van der Waals surface area (Å²) in [5.41, 5.74) is 2.53. The van der Waals surface area contributed by atoms with Crippen LogP contribution in [0.15, 0.2) is 59.1 Å². The van der Waals surface area contributed by atoms with E-state index in [1.54, 1.807) is 6.92 Å². The van der Waals surface area contributed by atoms with Crippen LogP contribution in [0.4, 0.5) is 5.69 Å². The fourth-order valence-corrected chi connectivity index (χ4v) is 3.54. The molecule has 1 saturated heterocycles. The van der Waals surface area contributed by atoms with Gasteiger partial charge in [-0.25, -0.2) is 0 Å². The predicted octanol–water partition coefficient (Wildman–Crippen LogP) is 4.38. The molecule has 29 heavy (non-hydrogen) atoms. The van der Waals surface area contributed by atoms with Crippen molar-refractivity contribution in [2.24, 2.45) is 0 Å². The van der Waals surface area contributed by atoms with Crippen LogP contribution in [0.3, 0.4) is 0 Å². The Bertz CT molecular complexity index is 959. The zero-order valence-corrected chi connectivity index (χ0v) is 16.7. The highest BCUT2D eigenvalue weighted by Gasteiger charge is 2.22. The summed E-state index contributed by atoms with van der Waals surface area (Å²) >= 11 is 0. The molecule has 0 saturated carbocycles. The second-order valence-electron chi connectivity index (χ2n) is 7.43. The third kappa shape index (κ3) is 4.49. The number of carbonyl (C=O) groups excluding carboxylic acids is 1. The molecule has 0 radical (unpaired) electrons. The summed E-state index contributed by atoms with van der Waals surface area (Å²) in [6.07, 6.45) is 2.31. The van der Waals surface area contributed by atoms with Gasteiger partial charge in [0.15, 0.2) is 0 Å². The second kappa shape index (κ2) is 8.49. The Labute approximate surface area is 170 Å². The number of aryl methyl sites for hydroxylation is 1. The summed E-state index contributed by atoms with van der Waals surface area (Å²) < 4.78 is 11.4. The second-order valence-corrected chi connectivity index (χ2v) is 7.43. The minimum atomic E-state index is -0.244. The SMILES string of the molecule is Cc1onc(-c2ccccc2)c1C(=O)Nc1ccc(OC2CCN(C)CC2)cc1. The number of aromatic nitrogens is 1. The van der Waals surface area contributed by atoms with E-state index in [0.29, 0.717) is 22.7 Å². The Morgan fingerprint density at radius 2 is 1.79 bits per heavy atom. The Balaban J connectivity index is 1.44. The van der Waals surface area contributed by atoms with Crippen LogP contribution in [0.25, 0.3) is 11.3 Å². The van der Waals surface area contributed by atoms with Crippen LogP contribution in [0, 0.1) is 6.92 Å². The highest BCUT2D eigenvalue weighted by molar-refractivity contribution is 6.08. The number of rotatable bonds is 5. The van der Waals surface area contributed by atoms with Crippen LogP contribution in [-0.2, 0) is 0 Å². The van der Waals surface area contributed by atoms with Crippen molar-refractivity contribution in [2.45, 2.75) is 25.9 Å². The summed E-state index contributed by atoms with van der Waals surface area (Å²) in [6, 6.07) is 17.0. The lowest BCUT2D eigenvalue weighted by molar-refractivity contribution is 0.102. The van der Waals surface area contributed by atoms with E-state index in [9.17, 15) is 4.79 Å². The minimum Gasteiger partial charge on any atom is -0.490 e. The molecule has 1 aromatic heterocycles. The van der Waals surface area contributed by atoms with Gasteiger partial charge < -0.3 is 19.5 Å². The first-order valence-corrected chi connectivity index (χ1v) is 9.88. The number of amides is 1. The van der Waals surface area contributed by atoms with Crippen molar-refractivity contribution in [2.75, 3.05) is 25.5 Å². The number of benzene rings is 2. The van der Waals surface area contributed by atoms with Crippen LogP contribution in [0.5, 0.6) is 5.75 Å². The fourth-order valence-electron chi connectivity index (χ4n) is 3.54. The van der Waals surface area contributed by atoms with Gasteiger partial charge in [-0.1, -0.05) is 35.5 Å². The van der Waals surface area contributed by atoms with Gasteiger partial charge in [-0.2, -0.15) is 0 Å². The van der Waals surface area contributed by atoms with Crippen LogP contribution in [0.2, 0.25) is 0 Å². The molecule has 3 aromatic rings. The molecule has 1 fully saturated rings. The number of nitrogens with one attached hydrogen (secondary N) is 1. The molecule has 1 amide bonds. The van der Waals surface area contributed by atoms with Crippen molar-refractivity contribution in [3.63, 3.8) is 0 Å². The van der Waals surface area contributed by atoms with Crippen LogP contribution in [-0.4, -0.2) is 42.2 Å². The van der Waals surface area contributed by atoms with E-state index in [-0.39, 0.29) is 12.0 Å². The van der Waals surface area contributed by atoms with Crippen LogP contribution in [0.1, 0.15) is 29.0 Å². The number of hydrogen-bond acceptors (Lipinski definition) is 5. The smallest absolute Gasteiger partial charge is 0.261 e. The molecule has 0 bridgehead atoms. The summed E-state index contributed by atoms with van der Waals surface area (Å²) in [6.45, 7) is 3.86. The Morgan fingerprint density at radius 3 is 2.48 bits per heavy atom. The van der Waals surface area contributed by atoms with E-state index in [0.717, 1.165) is 37.2 Å². The number of hydrogen-bond donors (Lipinski definition) is 1. The first-order chi connectivity index (χ1) is 14.1. The van der Waals surface area contributed by atoms with Gasteiger partial charge in [0.25, 0.3) is 5.91 Å². The summed E-state index contributed by atoms with van der Waals surface area (Å²) in [4.78, 5) is 15.2. The molecule has 2 heterocycles. The van der Waals surface area contributed by atoms with Gasteiger partial charge in [0, 0.05) is 24.3 Å². The zero-order valence-electron chi connectivity index (χ0n) is 16.7. The average Bonchev–Trinajstić information content (AvgIpc) is 3.13. The molecular formula is C23H25N3O3. The number of likely N-dealkylation sites (tertiary alicyclic amines) is 1. The first-order valence-electron chi connectivity index (χ1n) is 9.88. The van der Waals surface area contributed by atoms with Crippen LogP contribution < -0.4 is 10.1 Å². The lowest BCUT2D eigenvalue weighted by Gasteiger charge is -2.29. The standard InChI is InChI=1S/C23H25N3O3/c1-16-21(22(25-29-16)17-6-4-3-5-7-17)23(27)24-18-8-10-19(11-9-18)28-20-12-14-26(2)15-13-20/h3-11,20H,12-15H2,1-2H3,(H,24,27). The third-order valence-electron chi connectivity index (χ3n) is 5.22. The predicted molar refractivity (Wildman–Crippen MR) is 112 cm³/mol. The van der Waals surface area contributed by atoms with Gasteiger partial charge in [-0.15, -0.1) is 0 Å². The zero-order chi connectivity index (χ0) is 20.2. The van der Waals surface area contributed by atoms with Gasteiger partial charge in [0.05, 0.1) is 0 Å². The van der Waals surface area contributed by atoms with Gasteiger partial charge in [-0.05, 0) is 51.1 Å².